The van der Waals surface area contributed by atoms with E-state index < -0.39 is 0 Å². The molecular weight excluding hydrogens is 262 g/mol. The number of carbonyl (C=O) groups excluding carboxylic acids is 1. The molecule has 0 atom stereocenters. The fourth-order valence-corrected chi connectivity index (χ4v) is 3.41. The van der Waals surface area contributed by atoms with Crippen molar-refractivity contribution in [2.75, 3.05) is 13.1 Å². The number of hydrogen-bond acceptors (Lipinski definition) is 3. The number of piperidine rings is 3. The van der Waals surface area contributed by atoms with Gasteiger partial charge in [0.15, 0.2) is 5.78 Å². The molecule has 0 aliphatic carbocycles. The Morgan fingerprint density at radius 3 is 2.62 bits per heavy atom. The molecule has 3 fully saturated rings. The second-order valence-electron chi connectivity index (χ2n) is 6.22. The first-order chi connectivity index (χ1) is 10.1. The van der Waals surface area contributed by atoms with Gasteiger partial charge in [-0.05, 0) is 49.9 Å². The summed E-state index contributed by atoms with van der Waals surface area (Å²) in [5, 5.41) is 0. The maximum absolute atomic E-state index is 12.4. The van der Waals surface area contributed by atoms with Crippen molar-refractivity contribution in [3.8, 4) is 0 Å². The Bertz CT molecular complexity index is 764. The third kappa shape index (κ3) is 1.89. The van der Waals surface area contributed by atoms with Crippen LogP contribution in [0.3, 0.4) is 0 Å². The Hall–Kier alpha value is -2.10. The van der Waals surface area contributed by atoms with Crippen LogP contribution in [0.2, 0.25) is 0 Å². The fraction of sp³-hybridized carbons (Fsp3) is 0.412. The minimum Gasteiger partial charge on any atom is -0.367 e. The van der Waals surface area contributed by atoms with Crippen molar-refractivity contribution >= 4 is 23.0 Å². The zero-order valence-corrected chi connectivity index (χ0v) is 12.5. The number of hydrogen-bond donors (Lipinski definition) is 0. The highest BCUT2D eigenvalue weighted by atomic mass is 16.1. The van der Waals surface area contributed by atoms with Crippen LogP contribution in [0.15, 0.2) is 24.2 Å². The summed E-state index contributed by atoms with van der Waals surface area (Å²) >= 11 is 0. The van der Waals surface area contributed by atoms with E-state index in [1.807, 2.05) is 17.1 Å². The summed E-state index contributed by atoms with van der Waals surface area (Å²) in [5.74, 6) is 0.540. The maximum atomic E-state index is 12.4. The van der Waals surface area contributed by atoms with Crippen molar-refractivity contribution in [2.24, 2.45) is 5.92 Å². The Morgan fingerprint density at radius 2 is 1.90 bits per heavy atom. The summed E-state index contributed by atoms with van der Waals surface area (Å²) < 4.78 is 2.00. The molecule has 21 heavy (non-hydrogen) atoms. The van der Waals surface area contributed by atoms with Crippen LogP contribution in [0.5, 0.6) is 0 Å². The molecule has 0 saturated carbocycles. The normalized spacial score (nSPS) is 21.0. The van der Waals surface area contributed by atoms with Gasteiger partial charge in [0.2, 0.25) is 0 Å². The molecule has 5 rings (SSSR count). The van der Waals surface area contributed by atoms with Gasteiger partial charge in [0.1, 0.15) is 0 Å². The maximum Gasteiger partial charge on any atom is 0.183 e. The van der Waals surface area contributed by atoms with Crippen LogP contribution in [0.25, 0.3) is 17.2 Å². The molecule has 0 amide bonds. The third-order valence-corrected chi connectivity index (χ3v) is 4.91. The van der Waals surface area contributed by atoms with Gasteiger partial charge >= 0.3 is 0 Å². The number of aromatic nitrogens is 2. The van der Waals surface area contributed by atoms with Crippen molar-refractivity contribution in [2.45, 2.75) is 26.7 Å². The topological polar surface area (TPSA) is 38.1 Å². The highest BCUT2D eigenvalue weighted by Gasteiger charge is 2.36. The number of ketones is 1. The lowest BCUT2D eigenvalue weighted by Crippen LogP contribution is -2.46. The van der Waals surface area contributed by atoms with Crippen LogP contribution in [-0.4, -0.2) is 33.3 Å². The molecule has 0 unspecified atom stereocenters. The summed E-state index contributed by atoms with van der Waals surface area (Å²) in [5.41, 5.74) is 5.41. The molecule has 3 aliphatic rings. The van der Waals surface area contributed by atoms with Gasteiger partial charge in [-0.3, -0.25) is 4.79 Å². The molecule has 2 aromatic rings. The molecule has 4 nitrogen and oxygen atoms in total. The highest BCUT2D eigenvalue weighted by molar-refractivity contribution is 6.01. The summed E-state index contributed by atoms with van der Waals surface area (Å²) in [6.45, 7) is 6.22. The SMILES string of the molecule is Cc1cc2ncn(/C=C3\C(=O)C4CCN3CC4)c2cc1C. The second-order valence-corrected chi connectivity index (χ2v) is 6.22. The number of fused-ring (bicyclic) bond motifs is 4. The minimum atomic E-state index is 0.236. The van der Waals surface area contributed by atoms with Crippen LogP contribution in [0.1, 0.15) is 24.0 Å². The van der Waals surface area contributed by atoms with Gasteiger partial charge in [-0.25, -0.2) is 4.98 Å². The number of imidazole rings is 1. The summed E-state index contributed by atoms with van der Waals surface area (Å²) in [6.07, 6.45) is 5.81. The van der Waals surface area contributed by atoms with Crippen molar-refractivity contribution in [1.82, 2.24) is 14.5 Å². The number of rotatable bonds is 1. The van der Waals surface area contributed by atoms with Gasteiger partial charge in [0.05, 0.1) is 23.1 Å². The van der Waals surface area contributed by atoms with Crippen LogP contribution < -0.4 is 0 Å². The number of allylic oxidation sites excluding steroid dienone is 1. The molecule has 3 aliphatic heterocycles. The molecule has 4 heteroatoms. The lowest BCUT2D eigenvalue weighted by Gasteiger charge is -2.40. The lowest BCUT2D eigenvalue weighted by atomic mass is 9.85. The molecule has 1 aromatic carbocycles. The Kier molecular flexibility index (Phi) is 2.67. The van der Waals surface area contributed by atoms with Gasteiger partial charge in [-0.1, -0.05) is 0 Å². The predicted octanol–water partition coefficient (Wildman–Crippen LogP) is 2.75. The molecule has 2 bridgehead atoms. The zero-order valence-electron chi connectivity index (χ0n) is 12.5. The van der Waals surface area contributed by atoms with Crippen molar-refractivity contribution < 1.29 is 4.79 Å². The molecule has 0 N–H and O–H groups in total. The minimum absolute atomic E-state index is 0.236. The third-order valence-electron chi connectivity index (χ3n) is 4.91. The smallest absolute Gasteiger partial charge is 0.183 e. The molecule has 4 heterocycles. The van der Waals surface area contributed by atoms with Crippen molar-refractivity contribution in [3.63, 3.8) is 0 Å². The number of carbonyl (C=O) groups is 1. The van der Waals surface area contributed by atoms with Gasteiger partial charge in [-0.15, -0.1) is 0 Å². The lowest BCUT2D eigenvalue weighted by molar-refractivity contribution is -0.125. The van der Waals surface area contributed by atoms with Crippen molar-refractivity contribution in [3.05, 3.63) is 35.3 Å². The molecule has 3 saturated heterocycles. The van der Waals surface area contributed by atoms with Gasteiger partial charge < -0.3 is 9.47 Å². The predicted molar refractivity (Wildman–Crippen MR) is 82.8 cm³/mol. The number of nitrogens with zero attached hydrogens (tertiary/aromatic N) is 3. The largest absolute Gasteiger partial charge is 0.367 e. The van der Waals surface area contributed by atoms with Crippen LogP contribution in [-0.2, 0) is 4.79 Å². The second kappa shape index (κ2) is 4.45. The van der Waals surface area contributed by atoms with Crippen LogP contribution in [0, 0.1) is 19.8 Å². The molecule has 0 radical (unpaired) electrons. The molecule has 108 valence electrons. The number of aryl methyl sites for hydroxylation is 2. The molecule has 1 aromatic heterocycles. The first kappa shape index (κ1) is 12.6. The fourth-order valence-electron chi connectivity index (χ4n) is 3.41. The van der Waals surface area contributed by atoms with Crippen LogP contribution in [0.4, 0.5) is 0 Å². The molecule has 0 spiro atoms. The van der Waals surface area contributed by atoms with E-state index in [1.165, 1.54) is 11.1 Å². The quantitative estimate of drug-likeness (QED) is 0.754. The zero-order chi connectivity index (χ0) is 14.6. The van der Waals surface area contributed by atoms with E-state index in [0.29, 0.717) is 5.78 Å². The summed E-state index contributed by atoms with van der Waals surface area (Å²) in [7, 11) is 0. The van der Waals surface area contributed by atoms with E-state index in [1.54, 1.807) is 0 Å². The van der Waals surface area contributed by atoms with E-state index >= 15 is 0 Å². The standard InChI is InChI=1S/C17H19N3O/c1-11-7-14-15(8-12(11)2)20(10-18-14)9-16-17(21)13-3-5-19(16)6-4-13/h7-10,13H,3-6H2,1-2H3/b16-9+. The van der Waals surface area contributed by atoms with E-state index in [-0.39, 0.29) is 5.92 Å². The average Bonchev–Trinajstić information content (AvgIpc) is 2.86. The highest BCUT2D eigenvalue weighted by Crippen LogP contribution is 2.32. The summed E-state index contributed by atoms with van der Waals surface area (Å²) in [6, 6.07) is 4.25. The monoisotopic (exact) mass is 281 g/mol. The van der Waals surface area contributed by atoms with E-state index in [9.17, 15) is 4.79 Å². The van der Waals surface area contributed by atoms with Gasteiger partial charge in [-0.2, -0.15) is 0 Å². The van der Waals surface area contributed by atoms with Gasteiger partial charge in [0, 0.05) is 25.2 Å². The van der Waals surface area contributed by atoms with Crippen molar-refractivity contribution in [1.29, 1.82) is 0 Å². The number of Topliss-reactive ketones (excluding diaryl/α,β-unsaturated/α-hetero) is 1. The van der Waals surface area contributed by atoms with Gasteiger partial charge in [0.25, 0.3) is 0 Å². The van der Waals surface area contributed by atoms with E-state index in [0.717, 1.165) is 42.7 Å². The Balaban J connectivity index is 1.82. The summed E-state index contributed by atoms with van der Waals surface area (Å²) in [4.78, 5) is 19.1. The average molecular weight is 281 g/mol. The Morgan fingerprint density at radius 1 is 1.19 bits per heavy atom. The first-order valence-corrected chi connectivity index (χ1v) is 7.58. The van der Waals surface area contributed by atoms with Crippen LogP contribution >= 0.6 is 0 Å². The van der Waals surface area contributed by atoms with E-state index in [4.69, 9.17) is 0 Å². The van der Waals surface area contributed by atoms with E-state index in [2.05, 4.69) is 35.9 Å². The first-order valence-electron chi connectivity index (χ1n) is 7.58. The Labute approximate surface area is 124 Å². The number of benzene rings is 1. The molecular formula is C17H19N3O.